The molecule has 0 aliphatic heterocycles. The van der Waals surface area contributed by atoms with Gasteiger partial charge in [0.1, 0.15) is 16.9 Å². The van der Waals surface area contributed by atoms with E-state index in [4.69, 9.17) is 0 Å². The average Bonchev–Trinajstić information content (AvgIpc) is 3.25. The lowest BCUT2D eigenvalue weighted by atomic mass is 9.81. The van der Waals surface area contributed by atoms with Gasteiger partial charge in [0, 0.05) is 11.9 Å². The predicted octanol–water partition coefficient (Wildman–Crippen LogP) is 2.63. The summed E-state index contributed by atoms with van der Waals surface area (Å²) in [5, 5.41) is 10.4. The van der Waals surface area contributed by atoms with Crippen molar-refractivity contribution in [3.05, 3.63) is 27.1 Å². The number of aromatic nitrogens is 2. The van der Waals surface area contributed by atoms with E-state index < -0.39 is 5.54 Å². The van der Waals surface area contributed by atoms with E-state index in [2.05, 4.69) is 11.1 Å². The number of amides is 1. The SMILES string of the molecule is CN(C(=O)Cn1cnc2sc3c(c2c1=O)CCC3)C1(C#N)CCCCC1. The number of rotatable bonds is 3. The van der Waals surface area contributed by atoms with Crippen LogP contribution in [-0.2, 0) is 24.2 Å². The molecule has 0 bridgehead atoms. The van der Waals surface area contributed by atoms with Gasteiger partial charge in [0.2, 0.25) is 5.91 Å². The number of fused-ring (bicyclic) bond motifs is 3. The number of carbonyl (C=O) groups excluding carboxylic acids is 1. The molecule has 0 saturated heterocycles. The zero-order chi connectivity index (χ0) is 18.3. The minimum Gasteiger partial charge on any atom is -0.325 e. The topological polar surface area (TPSA) is 79.0 Å². The molecule has 0 spiro atoms. The van der Waals surface area contributed by atoms with Crippen molar-refractivity contribution in [2.45, 2.75) is 63.5 Å². The lowest BCUT2D eigenvalue weighted by Gasteiger charge is -2.39. The number of nitrogens with zero attached hydrogens (tertiary/aromatic N) is 4. The number of hydrogen-bond donors (Lipinski definition) is 0. The van der Waals surface area contributed by atoms with Gasteiger partial charge in [-0.1, -0.05) is 19.3 Å². The third-order valence-electron chi connectivity index (χ3n) is 5.90. The summed E-state index contributed by atoms with van der Waals surface area (Å²) in [5.74, 6) is -0.205. The quantitative estimate of drug-likeness (QED) is 0.832. The first-order chi connectivity index (χ1) is 12.6. The molecule has 1 amide bonds. The van der Waals surface area contributed by atoms with Gasteiger partial charge in [0.05, 0.1) is 17.8 Å². The zero-order valence-corrected chi connectivity index (χ0v) is 15.8. The van der Waals surface area contributed by atoms with Crippen LogP contribution in [0.4, 0.5) is 0 Å². The normalized spacial score (nSPS) is 18.5. The van der Waals surface area contributed by atoms with Gasteiger partial charge in [-0.25, -0.2) is 4.98 Å². The molecular weight excluding hydrogens is 348 g/mol. The number of carbonyl (C=O) groups is 1. The lowest BCUT2D eigenvalue weighted by Crippen LogP contribution is -2.51. The summed E-state index contributed by atoms with van der Waals surface area (Å²) in [6, 6.07) is 2.36. The molecule has 1 fully saturated rings. The van der Waals surface area contributed by atoms with Crippen molar-refractivity contribution >= 4 is 27.5 Å². The molecular formula is C19H22N4O2S. The fraction of sp³-hybridized carbons (Fsp3) is 0.579. The highest BCUT2D eigenvalue weighted by Crippen LogP contribution is 2.35. The maximum atomic E-state index is 12.9. The van der Waals surface area contributed by atoms with Crippen LogP contribution in [0.25, 0.3) is 10.2 Å². The standard InChI is InChI=1S/C19H22N4O2S/c1-22(19(11-20)8-3-2-4-9-19)15(24)10-23-12-21-17-16(18(23)25)13-6-5-7-14(13)26-17/h12H,2-10H2,1H3. The summed E-state index contributed by atoms with van der Waals surface area (Å²) in [5.41, 5.74) is 0.254. The molecule has 0 unspecified atom stereocenters. The smallest absolute Gasteiger partial charge is 0.262 e. The molecule has 1 saturated carbocycles. The van der Waals surface area contributed by atoms with E-state index in [1.165, 1.54) is 15.8 Å². The molecule has 4 rings (SSSR count). The van der Waals surface area contributed by atoms with E-state index >= 15 is 0 Å². The number of likely N-dealkylation sites (N-methyl/N-ethyl adjacent to an activating group) is 1. The first kappa shape index (κ1) is 17.2. The zero-order valence-electron chi connectivity index (χ0n) is 15.0. The summed E-state index contributed by atoms with van der Waals surface area (Å²) >= 11 is 1.60. The van der Waals surface area contributed by atoms with Gasteiger partial charge < -0.3 is 4.90 Å². The Kier molecular flexibility index (Phi) is 4.31. The summed E-state index contributed by atoms with van der Waals surface area (Å²) in [4.78, 5) is 33.8. The second-order valence-corrected chi connectivity index (χ2v) is 8.46. The van der Waals surface area contributed by atoms with Crippen molar-refractivity contribution < 1.29 is 4.79 Å². The fourth-order valence-electron chi connectivity index (χ4n) is 4.28. The Hall–Kier alpha value is -2.20. The Morgan fingerprint density at radius 1 is 1.35 bits per heavy atom. The maximum Gasteiger partial charge on any atom is 0.262 e. The maximum absolute atomic E-state index is 12.9. The third kappa shape index (κ3) is 2.64. The monoisotopic (exact) mass is 370 g/mol. The van der Waals surface area contributed by atoms with E-state index in [0.29, 0.717) is 18.2 Å². The van der Waals surface area contributed by atoms with Gasteiger partial charge in [-0.3, -0.25) is 14.2 Å². The Bertz CT molecular complexity index is 962. The molecule has 6 nitrogen and oxygen atoms in total. The van der Waals surface area contributed by atoms with E-state index in [-0.39, 0.29) is 18.0 Å². The van der Waals surface area contributed by atoms with Gasteiger partial charge in [-0.15, -0.1) is 11.3 Å². The van der Waals surface area contributed by atoms with Crippen molar-refractivity contribution in [3.63, 3.8) is 0 Å². The molecule has 0 radical (unpaired) electrons. The fourth-order valence-corrected chi connectivity index (χ4v) is 5.50. The van der Waals surface area contributed by atoms with Crippen LogP contribution in [0.5, 0.6) is 0 Å². The second-order valence-electron chi connectivity index (χ2n) is 7.37. The van der Waals surface area contributed by atoms with E-state index in [9.17, 15) is 14.9 Å². The summed E-state index contributed by atoms with van der Waals surface area (Å²) < 4.78 is 1.40. The van der Waals surface area contributed by atoms with E-state index in [1.807, 2.05) is 0 Å². The van der Waals surface area contributed by atoms with Crippen LogP contribution in [0, 0.1) is 11.3 Å². The Morgan fingerprint density at radius 3 is 2.85 bits per heavy atom. The molecule has 136 valence electrons. The van der Waals surface area contributed by atoms with Crippen LogP contribution < -0.4 is 5.56 Å². The highest BCUT2D eigenvalue weighted by atomic mass is 32.1. The molecule has 2 aliphatic rings. The Balaban J connectivity index is 1.63. The van der Waals surface area contributed by atoms with Crippen molar-refractivity contribution in [2.24, 2.45) is 0 Å². The third-order valence-corrected chi connectivity index (χ3v) is 7.10. The van der Waals surface area contributed by atoms with Crippen molar-refractivity contribution in [3.8, 4) is 6.07 Å². The molecule has 0 aromatic carbocycles. The van der Waals surface area contributed by atoms with Crippen molar-refractivity contribution in [2.75, 3.05) is 7.05 Å². The van der Waals surface area contributed by atoms with Gasteiger partial charge in [-0.05, 0) is 37.7 Å². The van der Waals surface area contributed by atoms with Crippen LogP contribution in [0.2, 0.25) is 0 Å². The van der Waals surface area contributed by atoms with Crippen LogP contribution in [-0.4, -0.2) is 32.9 Å². The van der Waals surface area contributed by atoms with Gasteiger partial charge >= 0.3 is 0 Å². The number of thiophene rings is 1. The second kappa shape index (κ2) is 6.51. The molecule has 2 aromatic rings. The van der Waals surface area contributed by atoms with Crippen LogP contribution in [0.1, 0.15) is 49.0 Å². The number of aryl methyl sites for hydroxylation is 2. The Labute approximate surface area is 156 Å². The number of hydrogen-bond acceptors (Lipinski definition) is 5. The van der Waals surface area contributed by atoms with Gasteiger partial charge in [0.25, 0.3) is 5.56 Å². The van der Waals surface area contributed by atoms with Crippen LogP contribution in [0.3, 0.4) is 0 Å². The first-order valence-electron chi connectivity index (χ1n) is 9.23. The van der Waals surface area contributed by atoms with Crippen LogP contribution in [0.15, 0.2) is 11.1 Å². The molecule has 2 aromatic heterocycles. The first-order valence-corrected chi connectivity index (χ1v) is 10.0. The highest BCUT2D eigenvalue weighted by Gasteiger charge is 2.38. The molecule has 0 N–H and O–H groups in total. The largest absolute Gasteiger partial charge is 0.325 e. The minimum absolute atomic E-state index is 0.0632. The lowest BCUT2D eigenvalue weighted by molar-refractivity contribution is -0.135. The minimum atomic E-state index is -0.736. The van der Waals surface area contributed by atoms with E-state index in [1.54, 1.807) is 23.3 Å². The van der Waals surface area contributed by atoms with Gasteiger partial charge in [-0.2, -0.15) is 5.26 Å². The number of nitriles is 1. The van der Waals surface area contributed by atoms with Crippen molar-refractivity contribution in [1.29, 1.82) is 5.26 Å². The Morgan fingerprint density at radius 2 is 2.12 bits per heavy atom. The summed E-state index contributed by atoms with van der Waals surface area (Å²) in [6.07, 6.45) is 8.92. The van der Waals surface area contributed by atoms with Gasteiger partial charge in [0.15, 0.2) is 0 Å². The summed E-state index contributed by atoms with van der Waals surface area (Å²) in [6.45, 7) is -0.0632. The highest BCUT2D eigenvalue weighted by molar-refractivity contribution is 7.18. The average molecular weight is 370 g/mol. The van der Waals surface area contributed by atoms with E-state index in [0.717, 1.165) is 48.9 Å². The predicted molar refractivity (Wildman–Crippen MR) is 100 cm³/mol. The summed E-state index contributed by atoms with van der Waals surface area (Å²) in [7, 11) is 1.69. The molecule has 7 heteroatoms. The molecule has 2 aliphatic carbocycles. The van der Waals surface area contributed by atoms with Crippen LogP contribution >= 0.6 is 11.3 Å². The molecule has 26 heavy (non-hydrogen) atoms. The molecule has 0 atom stereocenters. The van der Waals surface area contributed by atoms with Crippen molar-refractivity contribution in [1.82, 2.24) is 14.5 Å². The molecule has 2 heterocycles.